The summed E-state index contributed by atoms with van der Waals surface area (Å²) in [5, 5.41) is 10.3. The standard InChI is InChI=1S/C44H27NS/c1-2-15-30(16-3-1)45-39-24-11-10-22-37(39)44-43(45)38-27-29(25-26-40(38)46-44)41-33-18-6-8-20-35(33)42(36-21-9-7-19-34(36)41)32-23-12-14-28-13-4-5-17-31(28)32/h1-27H. The average Bonchev–Trinajstić information content (AvgIpc) is 3.65. The number of benzene rings is 8. The van der Waals surface area contributed by atoms with Crippen molar-refractivity contribution in [3.8, 4) is 27.9 Å². The summed E-state index contributed by atoms with van der Waals surface area (Å²) in [5.74, 6) is 0. The fraction of sp³-hybridized carbons (Fsp3) is 0. The molecule has 1 nitrogen and oxygen atoms in total. The van der Waals surface area contributed by atoms with E-state index in [9.17, 15) is 0 Å². The summed E-state index contributed by atoms with van der Waals surface area (Å²) < 4.78 is 5.10. The summed E-state index contributed by atoms with van der Waals surface area (Å²) >= 11 is 1.90. The van der Waals surface area contributed by atoms with Crippen molar-refractivity contribution in [3.63, 3.8) is 0 Å². The molecule has 0 N–H and O–H groups in total. The van der Waals surface area contributed by atoms with Gasteiger partial charge in [-0.2, -0.15) is 0 Å². The third-order valence-electron chi connectivity index (χ3n) is 9.57. The van der Waals surface area contributed by atoms with E-state index in [-0.39, 0.29) is 0 Å². The summed E-state index contributed by atoms with van der Waals surface area (Å²) in [6.07, 6.45) is 0. The van der Waals surface area contributed by atoms with Gasteiger partial charge in [-0.15, -0.1) is 11.3 Å². The molecule has 0 fully saturated rings. The lowest BCUT2D eigenvalue weighted by molar-refractivity contribution is 1.19. The van der Waals surface area contributed by atoms with Crippen LogP contribution in [0.25, 0.3) is 91.5 Å². The van der Waals surface area contributed by atoms with Crippen LogP contribution in [0.1, 0.15) is 0 Å². The van der Waals surface area contributed by atoms with Crippen molar-refractivity contribution >= 4 is 74.9 Å². The van der Waals surface area contributed by atoms with E-state index in [1.54, 1.807) is 0 Å². The Labute approximate surface area is 270 Å². The van der Waals surface area contributed by atoms with Gasteiger partial charge in [-0.25, -0.2) is 0 Å². The fourth-order valence-corrected chi connectivity index (χ4v) is 8.85. The summed E-state index contributed by atoms with van der Waals surface area (Å²) in [5.41, 5.74) is 8.84. The molecule has 0 amide bonds. The molecule has 0 spiro atoms. The van der Waals surface area contributed by atoms with E-state index >= 15 is 0 Å². The number of nitrogens with zero attached hydrogens (tertiary/aromatic N) is 1. The number of hydrogen-bond acceptors (Lipinski definition) is 1. The molecule has 0 bridgehead atoms. The fourth-order valence-electron chi connectivity index (χ4n) is 7.64. The average molecular weight is 602 g/mol. The molecule has 10 aromatic rings. The Morgan fingerprint density at radius 2 is 1.00 bits per heavy atom. The molecular formula is C44H27NS. The minimum atomic E-state index is 1.19. The predicted octanol–water partition coefficient (Wildman–Crippen LogP) is 12.8. The van der Waals surface area contributed by atoms with Gasteiger partial charge in [0.2, 0.25) is 0 Å². The first-order valence-electron chi connectivity index (χ1n) is 15.8. The number of fused-ring (bicyclic) bond motifs is 8. The highest BCUT2D eigenvalue weighted by molar-refractivity contribution is 7.26. The zero-order valence-corrected chi connectivity index (χ0v) is 25.8. The van der Waals surface area contributed by atoms with Crippen LogP contribution in [0, 0.1) is 0 Å². The second kappa shape index (κ2) is 9.90. The van der Waals surface area contributed by atoms with Gasteiger partial charge in [-0.1, -0.05) is 133 Å². The van der Waals surface area contributed by atoms with Gasteiger partial charge in [-0.3, -0.25) is 0 Å². The Kier molecular flexibility index (Phi) is 5.51. The monoisotopic (exact) mass is 601 g/mol. The number of rotatable bonds is 3. The second-order valence-corrected chi connectivity index (χ2v) is 13.1. The van der Waals surface area contributed by atoms with Crippen LogP contribution < -0.4 is 0 Å². The van der Waals surface area contributed by atoms with Crippen LogP contribution in [-0.2, 0) is 0 Å². The highest BCUT2D eigenvalue weighted by Gasteiger charge is 2.21. The molecule has 8 aromatic carbocycles. The lowest BCUT2D eigenvalue weighted by Crippen LogP contribution is -1.93. The quantitative estimate of drug-likeness (QED) is 0.178. The maximum absolute atomic E-state index is 2.45. The smallest absolute Gasteiger partial charge is 0.0727 e. The van der Waals surface area contributed by atoms with Gasteiger partial charge in [0.1, 0.15) is 0 Å². The molecule has 0 aliphatic rings. The van der Waals surface area contributed by atoms with E-state index < -0.39 is 0 Å². The van der Waals surface area contributed by atoms with Crippen molar-refractivity contribution in [2.45, 2.75) is 0 Å². The Hall–Kier alpha value is -5.70. The van der Waals surface area contributed by atoms with Gasteiger partial charge < -0.3 is 4.57 Å². The van der Waals surface area contributed by atoms with Crippen LogP contribution in [0.2, 0.25) is 0 Å². The van der Waals surface area contributed by atoms with Crippen LogP contribution >= 0.6 is 11.3 Å². The van der Waals surface area contributed by atoms with Crippen molar-refractivity contribution in [2.75, 3.05) is 0 Å². The molecule has 0 unspecified atom stereocenters. The third-order valence-corrected chi connectivity index (χ3v) is 10.8. The first-order chi connectivity index (χ1) is 22.8. The highest BCUT2D eigenvalue weighted by Crippen LogP contribution is 2.48. The molecule has 2 aromatic heterocycles. The third kappa shape index (κ3) is 3.62. The van der Waals surface area contributed by atoms with Gasteiger partial charge in [0, 0.05) is 21.2 Å². The normalized spacial score (nSPS) is 11.9. The number of thiophene rings is 1. The van der Waals surface area contributed by atoms with Crippen LogP contribution in [0.3, 0.4) is 0 Å². The van der Waals surface area contributed by atoms with Crippen LogP contribution in [-0.4, -0.2) is 4.57 Å². The molecular weight excluding hydrogens is 575 g/mol. The van der Waals surface area contributed by atoms with E-state index in [0.29, 0.717) is 0 Å². The van der Waals surface area contributed by atoms with Gasteiger partial charge in [-0.05, 0) is 84.9 Å². The molecule has 10 rings (SSSR count). The van der Waals surface area contributed by atoms with Gasteiger partial charge in [0.05, 0.1) is 15.7 Å². The second-order valence-electron chi connectivity index (χ2n) is 12.0. The van der Waals surface area contributed by atoms with E-state index in [2.05, 4.69) is 168 Å². The highest BCUT2D eigenvalue weighted by atomic mass is 32.1. The zero-order valence-electron chi connectivity index (χ0n) is 24.9. The Bertz CT molecular complexity index is 2740. The first kappa shape index (κ1) is 25.6. The summed E-state index contributed by atoms with van der Waals surface area (Å²) in [6.45, 7) is 0. The zero-order chi connectivity index (χ0) is 30.2. The van der Waals surface area contributed by atoms with Crippen LogP contribution in [0.15, 0.2) is 164 Å². The molecule has 214 valence electrons. The SMILES string of the molecule is c1ccc(-n2c3ccccc3c3sc4ccc(-c5c6ccccc6c(-c6cccc7ccccc67)c6ccccc56)cc4c32)cc1. The number of aromatic nitrogens is 1. The maximum atomic E-state index is 2.45. The number of hydrogen-bond donors (Lipinski definition) is 0. The molecule has 0 radical (unpaired) electrons. The van der Waals surface area contributed by atoms with Crippen molar-refractivity contribution < 1.29 is 0 Å². The van der Waals surface area contributed by atoms with Crippen LogP contribution in [0.5, 0.6) is 0 Å². The Morgan fingerprint density at radius 1 is 0.413 bits per heavy atom. The lowest BCUT2D eigenvalue weighted by Gasteiger charge is -2.19. The largest absolute Gasteiger partial charge is 0.308 e. The van der Waals surface area contributed by atoms with Gasteiger partial charge in [0.15, 0.2) is 0 Å². The molecule has 0 saturated heterocycles. The van der Waals surface area contributed by atoms with E-state index in [0.717, 1.165) is 0 Å². The molecule has 0 aliphatic heterocycles. The van der Waals surface area contributed by atoms with Crippen molar-refractivity contribution in [2.24, 2.45) is 0 Å². The maximum Gasteiger partial charge on any atom is 0.0727 e. The molecule has 46 heavy (non-hydrogen) atoms. The van der Waals surface area contributed by atoms with E-state index in [4.69, 9.17) is 0 Å². The van der Waals surface area contributed by atoms with E-state index in [1.165, 1.54) is 91.5 Å². The van der Waals surface area contributed by atoms with Crippen molar-refractivity contribution in [1.82, 2.24) is 4.57 Å². The molecule has 0 saturated carbocycles. The number of para-hydroxylation sites is 2. The van der Waals surface area contributed by atoms with Crippen molar-refractivity contribution in [3.05, 3.63) is 164 Å². The summed E-state index contributed by atoms with van der Waals surface area (Å²) in [7, 11) is 0. The first-order valence-corrected chi connectivity index (χ1v) is 16.6. The minimum Gasteiger partial charge on any atom is -0.308 e. The van der Waals surface area contributed by atoms with Gasteiger partial charge in [0.25, 0.3) is 0 Å². The van der Waals surface area contributed by atoms with Crippen LogP contribution in [0.4, 0.5) is 0 Å². The van der Waals surface area contributed by atoms with Gasteiger partial charge >= 0.3 is 0 Å². The Morgan fingerprint density at radius 3 is 1.74 bits per heavy atom. The molecule has 2 heterocycles. The van der Waals surface area contributed by atoms with E-state index in [1.807, 2.05) is 11.3 Å². The lowest BCUT2D eigenvalue weighted by atomic mass is 9.84. The summed E-state index contributed by atoms with van der Waals surface area (Å²) in [4.78, 5) is 0. The molecule has 2 heteroatoms. The predicted molar refractivity (Wildman–Crippen MR) is 200 cm³/mol. The molecule has 0 atom stereocenters. The minimum absolute atomic E-state index is 1.19. The van der Waals surface area contributed by atoms with Crippen molar-refractivity contribution in [1.29, 1.82) is 0 Å². The summed E-state index contributed by atoms with van der Waals surface area (Å²) in [6, 6.07) is 60.1. The molecule has 0 aliphatic carbocycles. The Balaban J connectivity index is 1.32. The topological polar surface area (TPSA) is 4.93 Å².